The van der Waals surface area contributed by atoms with Crippen LogP contribution in [0.5, 0.6) is 5.75 Å². The Morgan fingerprint density at radius 2 is 1.90 bits per heavy atom. The topological polar surface area (TPSA) is 51.2 Å². The molecule has 1 atom stereocenters. The lowest BCUT2D eigenvalue weighted by Crippen LogP contribution is -2.13. The second kappa shape index (κ2) is 8.67. The number of carbonyl (C=O) groups is 1. The highest BCUT2D eigenvalue weighted by Crippen LogP contribution is 2.31. The van der Waals surface area contributed by atoms with Gasteiger partial charge in [0, 0.05) is 16.8 Å². The summed E-state index contributed by atoms with van der Waals surface area (Å²) in [6, 6.07) is 21.4. The predicted molar refractivity (Wildman–Crippen MR) is 125 cm³/mol. The maximum absolute atomic E-state index is 12.6. The zero-order valence-corrected chi connectivity index (χ0v) is 18.1. The molecule has 0 aliphatic rings. The minimum atomic E-state index is -0.159. The molecule has 5 heteroatoms. The number of fused-ring (bicyclic) bond motifs is 1. The average molecular weight is 417 g/mol. The molecule has 0 aliphatic heterocycles. The van der Waals surface area contributed by atoms with Crippen molar-refractivity contribution in [1.29, 1.82) is 0 Å². The summed E-state index contributed by atoms with van der Waals surface area (Å²) in [5.74, 6) is 0.547. The van der Waals surface area contributed by atoms with Gasteiger partial charge < -0.3 is 10.1 Å². The van der Waals surface area contributed by atoms with E-state index >= 15 is 0 Å². The molecule has 0 bridgehead atoms. The van der Waals surface area contributed by atoms with Crippen molar-refractivity contribution in [3.63, 3.8) is 0 Å². The SMILES string of the molecule is CCC(C)Oc1cccc(C(=O)Nc2ccc(-c3nc4ccc(C)cc4s3)cc2)c1. The number of amides is 1. The highest BCUT2D eigenvalue weighted by atomic mass is 32.1. The summed E-state index contributed by atoms with van der Waals surface area (Å²) in [7, 11) is 0. The van der Waals surface area contributed by atoms with Crippen molar-refractivity contribution in [2.45, 2.75) is 33.3 Å². The van der Waals surface area contributed by atoms with Crippen molar-refractivity contribution in [3.8, 4) is 16.3 Å². The van der Waals surface area contributed by atoms with Crippen LogP contribution >= 0.6 is 11.3 Å². The first-order valence-electron chi connectivity index (χ1n) is 10.1. The fourth-order valence-electron chi connectivity index (χ4n) is 3.08. The normalized spacial score (nSPS) is 12.0. The van der Waals surface area contributed by atoms with E-state index in [1.807, 2.05) is 43.3 Å². The van der Waals surface area contributed by atoms with Crippen LogP contribution in [0.4, 0.5) is 5.69 Å². The zero-order valence-electron chi connectivity index (χ0n) is 17.3. The van der Waals surface area contributed by atoms with E-state index in [1.54, 1.807) is 23.5 Å². The van der Waals surface area contributed by atoms with E-state index in [2.05, 4.69) is 37.4 Å². The van der Waals surface area contributed by atoms with Crippen LogP contribution in [0.2, 0.25) is 0 Å². The van der Waals surface area contributed by atoms with Gasteiger partial charge in [-0.1, -0.05) is 19.1 Å². The number of hydrogen-bond donors (Lipinski definition) is 1. The Bertz CT molecular complexity index is 1180. The first kappa shape index (κ1) is 20.1. The van der Waals surface area contributed by atoms with Crippen LogP contribution < -0.4 is 10.1 Å². The molecule has 0 radical (unpaired) electrons. The molecule has 30 heavy (non-hydrogen) atoms. The maximum Gasteiger partial charge on any atom is 0.255 e. The molecule has 1 heterocycles. The second-order valence-corrected chi connectivity index (χ2v) is 8.42. The number of rotatable bonds is 6. The molecular formula is C25H24N2O2S. The van der Waals surface area contributed by atoms with Gasteiger partial charge >= 0.3 is 0 Å². The molecule has 1 amide bonds. The molecule has 1 unspecified atom stereocenters. The van der Waals surface area contributed by atoms with Crippen molar-refractivity contribution in [1.82, 2.24) is 4.98 Å². The first-order valence-corrected chi connectivity index (χ1v) is 10.9. The van der Waals surface area contributed by atoms with Gasteiger partial charge in [-0.25, -0.2) is 4.98 Å². The van der Waals surface area contributed by atoms with Crippen molar-refractivity contribution in [2.24, 2.45) is 0 Å². The lowest BCUT2D eigenvalue weighted by atomic mass is 10.1. The van der Waals surface area contributed by atoms with Gasteiger partial charge in [-0.05, 0) is 80.4 Å². The molecular weight excluding hydrogens is 392 g/mol. The number of carbonyl (C=O) groups excluding carboxylic acids is 1. The quantitative estimate of drug-likeness (QED) is 0.380. The third kappa shape index (κ3) is 4.52. The van der Waals surface area contributed by atoms with Gasteiger partial charge in [0.1, 0.15) is 10.8 Å². The Labute approximate surface area is 180 Å². The smallest absolute Gasteiger partial charge is 0.255 e. The Kier molecular flexibility index (Phi) is 5.81. The van der Waals surface area contributed by atoms with Gasteiger partial charge in [-0.3, -0.25) is 4.79 Å². The molecule has 0 saturated heterocycles. The predicted octanol–water partition coefficient (Wildman–Crippen LogP) is 6.70. The van der Waals surface area contributed by atoms with Crippen molar-refractivity contribution < 1.29 is 9.53 Å². The van der Waals surface area contributed by atoms with Crippen LogP contribution in [0, 0.1) is 6.92 Å². The third-order valence-electron chi connectivity index (χ3n) is 4.94. The summed E-state index contributed by atoms with van der Waals surface area (Å²) in [6.07, 6.45) is 1.03. The largest absolute Gasteiger partial charge is 0.491 e. The van der Waals surface area contributed by atoms with Crippen molar-refractivity contribution in [3.05, 3.63) is 77.9 Å². The Morgan fingerprint density at radius 1 is 1.10 bits per heavy atom. The monoisotopic (exact) mass is 416 g/mol. The minimum absolute atomic E-state index is 0.113. The molecule has 152 valence electrons. The molecule has 4 nitrogen and oxygen atoms in total. The van der Waals surface area contributed by atoms with E-state index < -0.39 is 0 Å². The molecule has 0 aliphatic carbocycles. The average Bonchev–Trinajstić information content (AvgIpc) is 3.17. The highest BCUT2D eigenvalue weighted by molar-refractivity contribution is 7.21. The van der Waals surface area contributed by atoms with E-state index in [0.29, 0.717) is 11.3 Å². The van der Waals surface area contributed by atoms with Crippen molar-refractivity contribution in [2.75, 3.05) is 5.32 Å². The Morgan fingerprint density at radius 3 is 2.67 bits per heavy atom. The molecule has 4 aromatic rings. The molecule has 1 N–H and O–H groups in total. The number of ether oxygens (including phenoxy) is 1. The van der Waals surface area contributed by atoms with E-state index in [9.17, 15) is 4.79 Å². The third-order valence-corrected chi connectivity index (χ3v) is 6.01. The summed E-state index contributed by atoms with van der Waals surface area (Å²) >= 11 is 1.68. The van der Waals surface area contributed by atoms with Crippen LogP contribution in [0.3, 0.4) is 0 Å². The second-order valence-electron chi connectivity index (χ2n) is 7.39. The van der Waals surface area contributed by atoms with Crippen LogP contribution in [0.25, 0.3) is 20.8 Å². The van der Waals surface area contributed by atoms with E-state index in [-0.39, 0.29) is 12.0 Å². The van der Waals surface area contributed by atoms with Crippen LogP contribution in [0.15, 0.2) is 66.7 Å². The van der Waals surface area contributed by atoms with Gasteiger partial charge in [0.05, 0.1) is 16.3 Å². The fraction of sp³-hybridized carbons (Fsp3) is 0.200. The summed E-state index contributed by atoms with van der Waals surface area (Å²) < 4.78 is 7.00. The summed E-state index contributed by atoms with van der Waals surface area (Å²) in [4.78, 5) is 17.4. The Hall–Kier alpha value is -3.18. The van der Waals surface area contributed by atoms with E-state index in [4.69, 9.17) is 9.72 Å². The van der Waals surface area contributed by atoms with Crippen molar-refractivity contribution >= 4 is 33.1 Å². The zero-order chi connectivity index (χ0) is 21.1. The van der Waals surface area contributed by atoms with Gasteiger partial charge in [0.2, 0.25) is 0 Å². The highest BCUT2D eigenvalue weighted by Gasteiger charge is 2.10. The number of aromatic nitrogens is 1. The minimum Gasteiger partial charge on any atom is -0.491 e. The summed E-state index contributed by atoms with van der Waals surface area (Å²) in [5, 5.41) is 3.93. The fourth-order valence-corrected chi connectivity index (χ4v) is 4.15. The number of nitrogens with zero attached hydrogens (tertiary/aromatic N) is 1. The molecule has 0 saturated carbocycles. The van der Waals surface area contributed by atoms with Crippen LogP contribution in [-0.4, -0.2) is 17.0 Å². The lowest BCUT2D eigenvalue weighted by molar-refractivity contribution is 0.102. The first-order chi connectivity index (χ1) is 14.5. The molecule has 1 aromatic heterocycles. The lowest BCUT2D eigenvalue weighted by Gasteiger charge is -2.13. The number of aryl methyl sites for hydroxylation is 1. The van der Waals surface area contributed by atoms with Gasteiger partial charge in [0.25, 0.3) is 5.91 Å². The standard InChI is InChI=1S/C25H24N2O2S/c1-4-17(3)29-21-7-5-6-19(15-21)24(28)26-20-11-9-18(10-12-20)25-27-22-13-8-16(2)14-23(22)30-25/h5-15,17H,4H2,1-3H3,(H,26,28). The number of nitrogens with one attached hydrogen (secondary N) is 1. The van der Waals surface area contributed by atoms with Crippen LogP contribution in [-0.2, 0) is 0 Å². The van der Waals surface area contributed by atoms with Gasteiger partial charge in [0.15, 0.2) is 0 Å². The molecule has 3 aromatic carbocycles. The molecule has 4 rings (SSSR count). The van der Waals surface area contributed by atoms with E-state index in [0.717, 1.165) is 28.2 Å². The summed E-state index contributed by atoms with van der Waals surface area (Å²) in [5.41, 5.74) is 4.60. The molecule has 0 spiro atoms. The van der Waals surface area contributed by atoms with Gasteiger partial charge in [-0.2, -0.15) is 0 Å². The number of hydrogen-bond acceptors (Lipinski definition) is 4. The van der Waals surface area contributed by atoms with Gasteiger partial charge in [-0.15, -0.1) is 11.3 Å². The Balaban J connectivity index is 1.48. The number of anilines is 1. The van der Waals surface area contributed by atoms with Crippen LogP contribution in [0.1, 0.15) is 36.2 Å². The number of benzene rings is 3. The summed E-state index contributed by atoms with van der Waals surface area (Å²) in [6.45, 7) is 6.17. The maximum atomic E-state index is 12.6. The molecule has 0 fully saturated rings. The van der Waals surface area contributed by atoms with E-state index in [1.165, 1.54) is 10.3 Å². The number of thiazole rings is 1.